The number of hydrogen-bond donors (Lipinski definition) is 4. The monoisotopic (exact) mass is 318 g/mol. The molecule has 1 aromatic rings. The Labute approximate surface area is 133 Å². The molecule has 7 heteroatoms. The Bertz CT molecular complexity index is 680. The predicted octanol–water partition coefficient (Wildman–Crippen LogP) is -0.133. The Morgan fingerprint density at radius 2 is 1.91 bits per heavy atom. The minimum Gasteiger partial charge on any atom is -0.480 e. The molecule has 0 aliphatic heterocycles. The fraction of sp³-hybridized carbons (Fsp3) is 0.312. The van der Waals surface area contributed by atoms with Gasteiger partial charge in [0.1, 0.15) is 11.6 Å². The van der Waals surface area contributed by atoms with Crippen molar-refractivity contribution in [2.75, 3.05) is 0 Å². The first-order valence-electron chi connectivity index (χ1n) is 6.76. The number of primary amides is 1. The van der Waals surface area contributed by atoms with Gasteiger partial charge in [-0.3, -0.25) is 9.59 Å². The molecule has 1 rings (SSSR count). The van der Waals surface area contributed by atoms with E-state index >= 15 is 0 Å². The second-order valence-electron chi connectivity index (χ2n) is 5.39. The van der Waals surface area contributed by atoms with E-state index in [1.165, 1.54) is 19.9 Å². The maximum absolute atomic E-state index is 12.2. The highest BCUT2D eigenvalue weighted by Crippen LogP contribution is 2.09. The van der Waals surface area contributed by atoms with Crippen molar-refractivity contribution in [3.63, 3.8) is 0 Å². The number of nitrogens with two attached hydrogens (primary N) is 1. The molecule has 23 heavy (non-hydrogen) atoms. The van der Waals surface area contributed by atoms with Gasteiger partial charge in [0.05, 0.1) is 12.0 Å². The molecule has 0 fully saturated rings. The van der Waals surface area contributed by atoms with Gasteiger partial charge in [0, 0.05) is 5.56 Å². The molecule has 2 amide bonds. The molecule has 0 heterocycles. The van der Waals surface area contributed by atoms with Crippen LogP contribution in [-0.4, -0.2) is 39.6 Å². The maximum atomic E-state index is 12.2. The summed E-state index contributed by atoms with van der Waals surface area (Å²) in [6.07, 6.45) is -0.515. The lowest BCUT2D eigenvalue weighted by Crippen LogP contribution is -2.43. The van der Waals surface area contributed by atoms with Gasteiger partial charge in [-0.05, 0) is 26.0 Å². The molecule has 5 N–H and O–H groups in total. The fourth-order valence-corrected chi connectivity index (χ4v) is 1.65. The largest absolute Gasteiger partial charge is 0.480 e. The van der Waals surface area contributed by atoms with Crippen molar-refractivity contribution in [2.45, 2.75) is 31.9 Å². The number of carboxylic acid groups (broad SMARTS) is 1. The van der Waals surface area contributed by atoms with E-state index in [0.717, 1.165) is 0 Å². The lowest BCUT2D eigenvalue weighted by Gasteiger charge is -2.13. The summed E-state index contributed by atoms with van der Waals surface area (Å²) in [5, 5.41) is 20.9. The highest BCUT2D eigenvalue weighted by atomic mass is 16.4. The van der Waals surface area contributed by atoms with Crippen molar-refractivity contribution >= 4 is 17.8 Å². The first kappa shape index (κ1) is 18.2. The van der Waals surface area contributed by atoms with Crippen LogP contribution < -0.4 is 11.1 Å². The van der Waals surface area contributed by atoms with Crippen molar-refractivity contribution < 1.29 is 24.6 Å². The highest BCUT2D eigenvalue weighted by Gasteiger charge is 2.23. The first-order chi connectivity index (χ1) is 10.6. The van der Waals surface area contributed by atoms with Crippen LogP contribution in [0.5, 0.6) is 0 Å². The number of aliphatic carboxylic acids is 1. The zero-order valence-corrected chi connectivity index (χ0v) is 12.8. The van der Waals surface area contributed by atoms with Gasteiger partial charge in [-0.15, -0.1) is 0 Å². The van der Waals surface area contributed by atoms with Crippen LogP contribution in [0.1, 0.15) is 36.2 Å². The van der Waals surface area contributed by atoms with Gasteiger partial charge >= 0.3 is 5.97 Å². The van der Waals surface area contributed by atoms with E-state index in [-0.39, 0.29) is 5.56 Å². The smallest absolute Gasteiger partial charge is 0.326 e. The molecule has 1 atom stereocenters. The third kappa shape index (κ3) is 6.20. The van der Waals surface area contributed by atoms with Crippen molar-refractivity contribution in [3.8, 4) is 11.8 Å². The second-order valence-corrected chi connectivity index (χ2v) is 5.39. The Hall–Kier alpha value is -2.85. The van der Waals surface area contributed by atoms with Gasteiger partial charge < -0.3 is 21.3 Å². The standard InChI is InChI=1S/C16H18N2O5/c1-16(2,23)8-7-10-5-3-4-6-11(10)14(20)18-12(15(21)22)9-13(17)19/h3-6,12,23H,9H2,1-2H3,(H2,17,19)(H,18,20)(H,21,22)/t12-/m0/s1. The number of benzene rings is 1. The van der Waals surface area contributed by atoms with E-state index in [2.05, 4.69) is 17.2 Å². The Kier molecular flexibility index (Phi) is 5.87. The lowest BCUT2D eigenvalue weighted by atomic mass is 10.0. The highest BCUT2D eigenvalue weighted by molar-refractivity contribution is 5.99. The topological polar surface area (TPSA) is 130 Å². The molecule has 1 aromatic carbocycles. The molecule has 0 saturated heterocycles. The van der Waals surface area contributed by atoms with E-state index in [9.17, 15) is 19.5 Å². The van der Waals surface area contributed by atoms with Crippen molar-refractivity contribution in [2.24, 2.45) is 5.73 Å². The average Bonchev–Trinajstić information content (AvgIpc) is 2.43. The van der Waals surface area contributed by atoms with Crippen molar-refractivity contribution in [1.82, 2.24) is 5.32 Å². The predicted molar refractivity (Wildman–Crippen MR) is 82.3 cm³/mol. The van der Waals surface area contributed by atoms with Crippen LogP contribution in [0.15, 0.2) is 24.3 Å². The molecule has 0 bridgehead atoms. The maximum Gasteiger partial charge on any atom is 0.326 e. The number of hydrogen-bond acceptors (Lipinski definition) is 4. The molecular weight excluding hydrogens is 300 g/mol. The van der Waals surface area contributed by atoms with Gasteiger partial charge in [-0.1, -0.05) is 24.0 Å². The number of rotatable bonds is 5. The van der Waals surface area contributed by atoms with Gasteiger partial charge in [0.2, 0.25) is 5.91 Å². The molecule has 7 nitrogen and oxygen atoms in total. The number of carboxylic acids is 1. The van der Waals surface area contributed by atoms with E-state index in [4.69, 9.17) is 10.8 Å². The summed E-state index contributed by atoms with van der Waals surface area (Å²) >= 11 is 0. The Balaban J connectivity index is 3.06. The third-order valence-corrected chi connectivity index (χ3v) is 2.68. The summed E-state index contributed by atoms with van der Waals surface area (Å²) < 4.78 is 0. The van der Waals surface area contributed by atoms with Gasteiger partial charge in [0.25, 0.3) is 5.91 Å². The summed E-state index contributed by atoms with van der Waals surface area (Å²) in [4.78, 5) is 34.2. The normalized spacial score (nSPS) is 11.8. The van der Waals surface area contributed by atoms with Gasteiger partial charge in [-0.2, -0.15) is 0 Å². The molecular formula is C16H18N2O5. The summed E-state index contributed by atoms with van der Waals surface area (Å²) in [7, 11) is 0. The molecule has 0 aliphatic carbocycles. The van der Waals surface area contributed by atoms with Crippen molar-refractivity contribution in [1.29, 1.82) is 0 Å². The Morgan fingerprint density at radius 1 is 1.30 bits per heavy atom. The van der Waals surface area contributed by atoms with Crippen LogP contribution in [0.4, 0.5) is 0 Å². The summed E-state index contributed by atoms with van der Waals surface area (Å²) in [5.41, 5.74) is 4.20. The lowest BCUT2D eigenvalue weighted by molar-refractivity contribution is -0.140. The molecule has 0 spiro atoms. The van der Waals surface area contributed by atoms with Crippen LogP contribution in [0.25, 0.3) is 0 Å². The van der Waals surface area contributed by atoms with Crippen LogP contribution >= 0.6 is 0 Å². The number of nitrogens with one attached hydrogen (secondary N) is 1. The Morgan fingerprint density at radius 3 is 2.43 bits per heavy atom. The third-order valence-electron chi connectivity index (χ3n) is 2.68. The molecule has 122 valence electrons. The summed E-state index contributed by atoms with van der Waals surface area (Å²) in [6, 6.07) is 4.86. The second kappa shape index (κ2) is 7.42. The first-order valence-corrected chi connectivity index (χ1v) is 6.76. The molecule has 0 saturated carbocycles. The number of amides is 2. The quantitative estimate of drug-likeness (QED) is 0.562. The number of aliphatic hydroxyl groups is 1. The average molecular weight is 318 g/mol. The minimum atomic E-state index is -1.42. The van der Waals surface area contributed by atoms with E-state index in [0.29, 0.717) is 5.56 Å². The van der Waals surface area contributed by atoms with Crippen LogP contribution in [0.2, 0.25) is 0 Å². The SMILES string of the molecule is CC(C)(O)C#Cc1ccccc1C(=O)N[C@@H](CC(N)=O)C(=O)O. The summed E-state index contributed by atoms with van der Waals surface area (Å²) in [5.74, 6) is 2.36. The number of carbonyl (C=O) groups excluding carboxylic acids is 2. The minimum absolute atomic E-state index is 0.139. The number of carbonyl (C=O) groups is 3. The molecule has 0 aromatic heterocycles. The molecule has 0 aliphatic rings. The van der Waals surface area contributed by atoms with Crippen molar-refractivity contribution in [3.05, 3.63) is 35.4 Å². The van der Waals surface area contributed by atoms with Crippen LogP contribution in [0.3, 0.4) is 0 Å². The molecule has 0 unspecified atom stereocenters. The zero-order chi connectivity index (χ0) is 17.6. The van der Waals surface area contributed by atoms with E-state index < -0.39 is 35.8 Å². The van der Waals surface area contributed by atoms with E-state index in [1.807, 2.05) is 0 Å². The fourth-order valence-electron chi connectivity index (χ4n) is 1.65. The zero-order valence-electron chi connectivity index (χ0n) is 12.8. The van der Waals surface area contributed by atoms with E-state index in [1.54, 1.807) is 18.2 Å². The van der Waals surface area contributed by atoms with Crippen LogP contribution in [-0.2, 0) is 9.59 Å². The van der Waals surface area contributed by atoms with Crippen LogP contribution in [0, 0.1) is 11.8 Å². The molecule has 0 radical (unpaired) electrons. The van der Waals surface area contributed by atoms with Gasteiger partial charge in [0.15, 0.2) is 0 Å². The summed E-state index contributed by atoms with van der Waals surface area (Å²) in [6.45, 7) is 2.99. The van der Waals surface area contributed by atoms with Gasteiger partial charge in [-0.25, -0.2) is 4.79 Å².